The van der Waals surface area contributed by atoms with Gasteiger partial charge in [-0.3, -0.25) is 0 Å². The van der Waals surface area contributed by atoms with Crippen molar-refractivity contribution in [2.75, 3.05) is 5.32 Å². The predicted octanol–water partition coefficient (Wildman–Crippen LogP) is 5.35. The largest absolute Gasteiger partial charge is 0.480 e. The van der Waals surface area contributed by atoms with Crippen LogP contribution in [0.4, 0.5) is 10.3 Å². The number of aromatic nitrogens is 3. The summed E-state index contributed by atoms with van der Waals surface area (Å²) in [6, 6.07) is 16.6. The van der Waals surface area contributed by atoms with E-state index in [0.717, 1.165) is 38.6 Å². The SMILES string of the molecule is Cc1ccc2c(c1)C1=C([C@H](c3cccc(F)c3)O2)[C@@H](c2cccs2)n2ncnc2N1. The van der Waals surface area contributed by atoms with Crippen LogP contribution in [0.2, 0.25) is 0 Å². The average Bonchev–Trinajstić information content (AvgIpc) is 3.44. The molecule has 5 nitrogen and oxygen atoms in total. The monoisotopic (exact) mass is 416 g/mol. The second-order valence-corrected chi connectivity index (χ2v) is 8.43. The van der Waals surface area contributed by atoms with E-state index >= 15 is 0 Å². The lowest BCUT2D eigenvalue weighted by Crippen LogP contribution is -2.32. The maximum absolute atomic E-state index is 14.1. The molecular weight excluding hydrogens is 399 g/mol. The van der Waals surface area contributed by atoms with Crippen molar-refractivity contribution in [2.24, 2.45) is 0 Å². The Labute approximate surface area is 176 Å². The maximum atomic E-state index is 14.1. The highest BCUT2D eigenvalue weighted by Crippen LogP contribution is 2.51. The van der Waals surface area contributed by atoms with Crippen LogP contribution in [0.3, 0.4) is 0 Å². The van der Waals surface area contributed by atoms with Crippen molar-refractivity contribution >= 4 is 23.0 Å². The number of thiophene rings is 1. The molecule has 0 saturated carbocycles. The molecule has 30 heavy (non-hydrogen) atoms. The van der Waals surface area contributed by atoms with Crippen molar-refractivity contribution in [2.45, 2.75) is 19.1 Å². The number of rotatable bonds is 2. The molecule has 0 saturated heterocycles. The average molecular weight is 416 g/mol. The van der Waals surface area contributed by atoms with E-state index in [4.69, 9.17) is 4.74 Å². The first kappa shape index (κ1) is 17.4. The Morgan fingerprint density at radius 2 is 2.07 bits per heavy atom. The first-order valence-electron chi connectivity index (χ1n) is 9.66. The van der Waals surface area contributed by atoms with Crippen LogP contribution in [0.5, 0.6) is 5.75 Å². The number of nitrogens with one attached hydrogen (secondary N) is 1. The van der Waals surface area contributed by atoms with Gasteiger partial charge in [0.25, 0.3) is 0 Å². The van der Waals surface area contributed by atoms with Gasteiger partial charge in [0.15, 0.2) is 0 Å². The van der Waals surface area contributed by atoms with Crippen LogP contribution in [0.1, 0.15) is 33.7 Å². The third-order valence-corrected chi connectivity index (χ3v) is 6.46. The maximum Gasteiger partial charge on any atom is 0.226 e. The fraction of sp³-hybridized carbons (Fsp3) is 0.130. The topological polar surface area (TPSA) is 52.0 Å². The number of nitrogens with zero attached hydrogens (tertiary/aromatic N) is 3. The molecule has 0 spiro atoms. The summed E-state index contributed by atoms with van der Waals surface area (Å²) in [5, 5.41) is 10.0. The van der Waals surface area contributed by atoms with E-state index in [1.807, 2.05) is 34.3 Å². The molecule has 148 valence electrons. The standard InChI is InChI=1S/C23H17FN4OS/c1-13-7-8-17-16(10-13)20-19(22(29-17)14-4-2-5-15(24)11-14)21(18-6-3-9-30-18)28-23(27-20)25-12-26-28/h2-12,21-22H,1H3,(H,25,26,27)/t21-,22+/m1/s1. The molecule has 2 aliphatic rings. The number of hydrogen-bond acceptors (Lipinski definition) is 5. The Morgan fingerprint density at radius 1 is 1.13 bits per heavy atom. The van der Waals surface area contributed by atoms with Crippen molar-refractivity contribution in [3.8, 4) is 5.75 Å². The highest BCUT2D eigenvalue weighted by atomic mass is 32.1. The second kappa shape index (κ2) is 6.53. The summed E-state index contributed by atoms with van der Waals surface area (Å²) in [5.74, 6) is 1.16. The van der Waals surface area contributed by atoms with E-state index in [2.05, 4.69) is 34.5 Å². The molecule has 1 N–H and O–H groups in total. The number of ether oxygens (including phenoxy) is 1. The van der Waals surface area contributed by atoms with Crippen molar-refractivity contribution in [1.29, 1.82) is 0 Å². The van der Waals surface area contributed by atoms with Crippen molar-refractivity contribution in [3.63, 3.8) is 0 Å². The minimum absolute atomic E-state index is 0.194. The number of fused-ring (bicyclic) bond motifs is 3. The zero-order valence-electron chi connectivity index (χ0n) is 16.0. The van der Waals surface area contributed by atoms with E-state index in [-0.39, 0.29) is 11.9 Å². The van der Waals surface area contributed by atoms with Crippen molar-refractivity contribution in [1.82, 2.24) is 14.8 Å². The minimum atomic E-state index is -0.456. The van der Waals surface area contributed by atoms with Gasteiger partial charge >= 0.3 is 0 Å². The molecule has 0 radical (unpaired) electrons. The fourth-order valence-corrected chi connectivity index (χ4v) is 5.08. The van der Waals surface area contributed by atoms with E-state index in [0.29, 0.717) is 5.95 Å². The van der Waals surface area contributed by atoms with E-state index in [1.54, 1.807) is 23.7 Å². The van der Waals surface area contributed by atoms with Gasteiger partial charge < -0.3 is 10.1 Å². The van der Waals surface area contributed by atoms with Gasteiger partial charge in [0.05, 0.1) is 5.70 Å². The molecule has 2 aromatic carbocycles. The van der Waals surface area contributed by atoms with Crippen LogP contribution in [0.25, 0.3) is 5.70 Å². The lowest BCUT2D eigenvalue weighted by atomic mass is 9.86. The van der Waals surface area contributed by atoms with Gasteiger partial charge in [0, 0.05) is 16.0 Å². The van der Waals surface area contributed by atoms with Crippen LogP contribution in [-0.4, -0.2) is 14.8 Å². The van der Waals surface area contributed by atoms with Gasteiger partial charge in [-0.25, -0.2) is 9.07 Å². The van der Waals surface area contributed by atoms with E-state index in [1.165, 1.54) is 12.1 Å². The Bertz CT molecular complexity index is 1290. The van der Waals surface area contributed by atoms with Gasteiger partial charge in [-0.15, -0.1) is 11.3 Å². The lowest BCUT2D eigenvalue weighted by molar-refractivity contribution is 0.223. The first-order chi connectivity index (χ1) is 14.7. The molecule has 0 amide bonds. The number of benzene rings is 2. The first-order valence-corrected chi connectivity index (χ1v) is 10.5. The van der Waals surface area contributed by atoms with Gasteiger partial charge in [-0.1, -0.05) is 29.8 Å². The summed E-state index contributed by atoms with van der Waals surface area (Å²) in [5.41, 5.74) is 4.83. The molecule has 0 aliphatic carbocycles. The molecule has 7 heteroatoms. The van der Waals surface area contributed by atoms with Crippen LogP contribution in [0.15, 0.2) is 71.9 Å². The Morgan fingerprint density at radius 3 is 2.90 bits per heavy atom. The third kappa shape index (κ3) is 2.59. The zero-order chi connectivity index (χ0) is 20.2. The number of halogens is 1. The second-order valence-electron chi connectivity index (χ2n) is 7.45. The molecule has 0 fully saturated rings. The smallest absolute Gasteiger partial charge is 0.226 e. The van der Waals surface area contributed by atoms with Gasteiger partial charge in [-0.2, -0.15) is 10.1 Å². The summed E-state index contributed by atoms with van der Waals surface area (Å²) in [6.45, 7) is 2.06. The molecule has 2 aromatic heterocycles. The molecule has 4 heterocycles. The third-order valence-electron chi connectivity index (χ3n) is 5.53. The van der Waals surface area contributed by atoms with E-state index < -0.39 is 6.10 Å². The van der Waals surface area contributed by atoms with E-state index in [9.17, 15) is 4.39 Å². The van der Waals surface area contributed by atoms with Crippen LogP contribution < -0.4 is 10.1 Å². The highest BCUT2D eigenvalue weighted by Gasteiger charge is 2.41. The van der Waals surface area contributed by atoms with Gasteiger partial charge in [0.2, 0.25) is 5.95 Å². The van der Waals surface area contributed by atoms with Gasteiger partial charge in [-0.05, 0) is 48.2 Å². The molecule has 6 rings (SSSR count). The summed E-state index contributed by atoms with van der Waals surface area (Å²) < 4.78 is 22.5. The number of anilines is 1. The summed E-state index contributed by atoms with van der Waals surface area (Å²) in [6.07, 6.45) is 1.10. The zero-order valence-corrected chi connectivity index (χ0v) is 16.9. The summed E-state index contributed by atoms with van der Waals surface area (Å²) in [7, 11) is 0. The van der Waals surface area contributed by atoms with Gasteiger partial charge in [0.1, 0.15) is 30.0 Å². The molecule has 0 unspecified atom stereocenters. The predicted molar refractivity (Wildman–Crippen MR) is 114 cm³/mol. The lowest BCUT2D eigenvalue weighted by Gasteiger charge is -2.38. The molecule has 4 aromatic rings. The summed E-state index contributed by atoms with van der Waals surface area (Å²) >= 11 is 1.66. The highest BCUT2D eigenvalue weighted by molar-refractivity contribution is 7.10. The number of hydrogen-bond donors (Lipinski definition) is 1. The van der Waals surface area contributed by atoms with Crippen molar-refractivity contribution in [3.05, 3.63) is 99.3 Å². The Hall–Kier alpha value is -3.45. The molecule has 2 aliphatic heterocycles. The minimum Gasteiger partial charge on any atom is -0.480 e. The number of aryl methyl sites for hydroxylation is 1. The Balaban J connectivity index is 1.65. The van der Waals surface area contributed by atoms with Crippen LogP contribution in [0, 0.1) is 12.7 Å². The Kier molecular flexibility index (Phi) is 3.79. The fourth-order valence-electron chi connectivity index (χ4n) is 4.25. The normalized spacial score (nSPS) is 19.4. The molecule has 0 bridgehead atoms. The molecular formula is C23H17FN4OS. The summed E-state index contributed by atoms with van der Waals surface area (Å²) in [4.78, 5) is 5.55. The van der Waals surface area contributed by atoms with Crippen LogP contribution >= 0.6 is 11.3 Å². The quantitative estimate of drug-likeness (QED) is 0.479. The van der Waals surface area contributed by atoms with Crippen molar-refractivity contribution < 1.29 is 9.13 Å². The molecule has 2 atom stereocenters. The van der Waals surface area contributed by atoms with Crippen LogP contribution in [-0.2, 0) is 0 Å².